The van der Waals surface area contributed by atoms with Gasteiger partial charge in [0.25, 0.3) is 0 Å². The summed E-state index contributed by atoms with van der Waals surface area (Å²) in [5.41, 5.74) is 0. The molecule has 0 aliphatic heterocycles. The predicted octanol–water partition coefficient (Wildman–Crippen LogP) is 1.52. The number of rotatable bonds is 5. The van der Waals surface area contributed by atoms with Crippen molar-refractivity contribution in [1.29, 1.82) is 0 Å². The van der Waals surface area contributed by atoms with E-state index in [1.54, 1.807) is 0 Å². The van der Waals surface area contributed by atoms with E-state index in [1.807, 2.05) is 0 Å². The topological polar surface area (TPSA) is 63.7 Å². The van der Waals surface area contributed by atoms with Crippen molar-refractivity contribution in [3.05, 3.63) is 29.3 Å². The van der Waals surface area contributed by atoms with Crippen molar-refractivity contribution in [2.45, 2.75) is 11.8 Å². The first-order valence-electron chi connectivity index (χ1n) is 5.19. The minimum Gasteiger partial charge on any atom is -0.464 e. The van der Waals surface area contributed by atoms with Gasteiger partial charge in [-0.15, -0.1) is 0 Å². The smallest absolute Gasteiger partial charge is 0.302 e. The molecule has 1 aromatic carbocycles. The quantitative estimate of drug-likeness (QED) is 0.772. The monoisotopic (exact) mass is 291 g/mol. The van der Waals surface area contributed by atoms with Gasteiger partial charge in [-0.2, -0.15) is 4.31 Å². The van der Waals surface area contributed by atoms with Crippen LogP contribution in [-0.4, -0.2) is 38.9 Å². The van der Waals surface area contributed by atoms with Crippen molar-refractivity contribution in [2.24, 2.45) is 0 Å². The number of sulfonamides is 1. The van der Waals surface area contributed by atoms with E-state index in [9.17, 15) is 13.2 Å². The number of esters is 1. The zero-order valence-corrected chi connectivity index (χ0v) is 11.7. The lowest BCUT2D eigenvalue weighted by Crippen LogP contribution is -2.30. The molecule has 0 unspecified atom stereocenters. The molecule has 1 rings (SSSR count). The van der Waals surface area contributed by atoms with Crippen molar-refractivity contribution in [2.75, 3.05) is 20.2 Å². The molecule has 0 bridgehead atoms. The van der Waals surface area contributed by atoms with Crippen LogP contribution in [0.2, 0.25) is 5.02 Å². The number of halogens is 1. The molecular weight excluding hydrogens is 278 g/mol. The van der Waals surface area contributed by atoms with Crippen molar-refractivity contribution in [3.8, 4) is 0 Å². The third-order valence-electron chi connectivity index (χ3n) is 2.23. The summed E-state index contributed by atoms with van der Waals surface area (Å²) in [6, 6.07) is 5.88. The maximum Gasteiger partial charge on any atom is 0.302 e. The van der Waals surface area contributed by atoms with Gasteiger partial charge in [-0.25, -0.2) is 8.42 Å². The standard InChI is InChI=1S/C11H14ClNO4S/c1-9(14)17-8-7-13(2)18(15,16)11-5-3-10(12)4-6-11/h3-6H,7-8H2,1-2H3. The zero-order chi connectivity index (χ0) is 13.8. The van der Waals surface area contributed by atoms with E-state index in [-0.39, 0.29) is 18.0 Å². The van der Waals surface area contributed by atoms with Crippen LogP contribution in [0, 0.1) is 0 Å². The Labute approximate surface area is 111 Å². The largest absolute Gasteiger partial charge is 0.464 e. The summed E-state index contributed by atoms with van der Waals surface area (Å²) in [6.07, 6.45) is 0. The molecule has 0 aliphatic carbocycles. The van der Waals surface area contributed by atoms with Crippen LogP contribution >= 0.6 is 11.6 Å². The first-order chi connectivity index (χ1) is 8.34. The van der Waals surface area contributed by atoms with Crippen molar-refractivity contribution in [3.63, 3.8) is 0 Å². The van der Waals surface area contributed by atoms with Crippen LogP contribution in [0.1, 0.15) is 6.92 Å². The molecule has 0 saturated heterocycles. The number of carbonyl (C=O) groups excluding carboxylic acids is 1. The molecule has 0 aromatic heterocycles. The van der Waals surface area contributed by atoms with Crippen LogP contribution in [0.3, 0.4) is 0 Å². The maximum atomic E-state index is 12.1. The molecule has 100 valence electrons. The minimum absolute atomic E-state index is 0.0264. The van der Waals surface area contributed by atoms with Crippen LogP contribution in [0.4, 0.5) is 0 Å². The van der Waals surface area contributed by atoms with E-state index >= 15 is 0 Å². The second-order valence-electron chi connectivity index (χ2n) is 3.62. The number of hydrogen-bond acceptors (Lipinski definition) is 4. The molecule has 7 heteroatoms. The molecule has 0 saturated carbocycles. The third kappa shape index (κ3) is 3.97. The highest BCUT2D eigenvalue weighted by molar-refractivity contribution is 7.89. The third-order valence-corrected chi connectivity index (χ3v) is 4.36. The lowest BCUT2D eigenvalue weighted by atomic mass is 10.4. The molecule has 0 amide bonds. The zero-order valence-electron chi connectivity index (χ0n) is 10.1. The van der Waals surface area contributed by atoms with E-state index < -0.39 is 16.0 Å². The van der Waals surface area contributed by atoms with Crippen LogP contribution in [0.25, 0.3) is 0 Å². The minimum atomic E-state index is -3.57. The van der Waals surface area contributed by atoms with Gasteiger partial charge in [0.2, 0.25) is 10.0 Å². The van der Waals surface area contributed by atoms with Gasteiger partial charge in [-0.3, -0.25) is 4.79 Å². The van der Waals surface area contributed by atoms with Crippen molar-refractivity contribution >= 4 is 27.6 Å². The first-order valence-corrected chi connectivity index (χ1v) is 7.01. The summed E-state index contributed by atoms with van der Waals surface area (Å²) in [4.78, 5) is 10.7. The summed E-state index contributed by atoms with van der Waals surface area (Å²) in [5, 5.41) is 0.469. The van der Waals surface area contributed by atoms with Gasteiger partial charge in [0.1, 0.15) is 6.61 Å². The van der Waals surface area contributed by atoms with Gasteiger partial charge in [-0.05, 0) is 24.3 Å². The molecule has 0 atom stereocenters. The fraction of sp³-hybridized carbons (Fsp3) is 0.364. The number of benzene rings is 1. The first kappa shape index (κ1) is 14.9. The average molecular weight is 292 g/mol. The van der Waals surface area contributed by atoms with Crippen LogP contribution in [-0.2, 0) is 19.6 Å². The van der Waals surface area contributed by atoms with Gasteiger partial charge in [0.05, 0.1) is 4.90 Å². The lowest BCUT2D eigenvalue weighted by Gasteiger charge is -2.16. The summed E-state index contributed by atoms with van der Waals surface area (Å²) in [5.74, 6) is -0.438. The Morgan fingerprint density at radius 2 is 1.89 bits per heavy atom. The number of ether oxygens (including phenoxy) is 1. The second-order valence-corrected chi connectivity index (χ2v) is 6.10. The SMILES string of the molecule is CC(=O)OCCN(C)S(=O)(=O)c1ccc(Cl)cc1. The molecule has 0 N–H and O–H groups in total. The van der Waals surface area contributed by atoms with E-state index in [1.165, 1.54) is 38.2 Å². The van der Waals surface area contributed by atoms with Gasteiger partial charge < -0.3 is 4.74 Å². The Balaban J connectivity index is 2.73. The molecule has 0 radical (unpaired) electrons. The molecule has 0 spiro atoms. The Kier molecular flexibility index (Phi) is 5.13. The second kappa shape index (κ2) is 6.17. The van der Waals surface area contributed by atoms with E-state index in [0.29, 0.717) is 5.02 Å². The Hall–Kier alpha value is -1.11. The van der Waals surface area contributed by atoms with E-state index in [4.69, 9.17) is 16.3 Å². The summed E-state index contributed by atoms with van der Waals surface area (Å²) in [6.45, 7) is 1.40. The highest BCUT2D eigenvalue weighted by Gasteiger charge is 2.20. The van der Waals surface area contributed by atoms with Crippen molar-refractivity contribution in [1.82, 2.24) is 4.31 Å². The lowest BCUT2D eigenvalue weighted by molar-refractivity contribution is -0.141. The van der Waals surface area contributed by atoms with Gasteiger partial charge >= 0.3 is 5.97 Å². The maximum absolute atomic E-state index is 12.1. The molecule has 18 heavy (non-hydrogen) atoms. The van der Waals surface area contributed by atoms with Crippen LogP contribution < -0.4 is 0 Å². The summed E-state index contributed by atoms with van der Waals surface area (Å²) < 4.78 is 29.9. The Bertz CT molecular complexity index is 512. The number of carbonyl (C=O) groups is 1. The van der Waals surface area contributed by atoms with Crippen molar-refractivity contribution < 1.29 is 17.9 Å². The van der Waals surface area contributed by atoms with E-state index in [2.05, 4.69) is 0 Å². The Morgan fingerprint density at radius 3 is 2.39 bits per heavy atom. The van der Waals surface area contributed by atoms with Gasteiger partial charge in [0.15, 0.2) is 0 Å². The molecule has 0 fully saturated rings. The highest BCUT2D eigenvalue weighted by atomic mass is 35.5. The molecule has 1 aromatic rings. The molecule has 0 aliphatic rings. The molecule has 0 heterocycles. The van der Waals surface area contributed by atoms with Crippen LogP contribution in [0.5, 0.6) is 0 Å². The molecule has 5 nitrogen and oxygen atoms in total. The summed E-state index contributed by atoms with van der Waals surface area (Å²) >= 11 is 5.69. The fourth-order valence-corrected chi connectivity index (χ4v) is 2.51. The van der Waals surface area contributed by atoms with Gasteiger partial charge in [-0.1, -0.05) is 11.6 Å². The summed E-state index contributed by atoms with van der Waals surface area (Å²) in [7, 11) is -2.15. The average Bonchev–Trinajstić information content (AvgIpc) is 2.28. The number of hydrogen-bond donors (Lipinski definition) is 0. The van der Waals surface area contributed by atoms with Gasteiger partial charge in [0, 0.05) is 25.5 Å². The highest BCUT2D eigenvalue weighted by Crippen LogP contribution is 2.17. The molecular formula is C11H14ClNO4S. The normalized spacial score (nSPS) is 11.6. The van der Waals surface area contributed by atoms with Crippen LogP contribution in [0.15, 0.2) is 29.2 Å². The fourth-order valence-electron chi connectivity index (χ4n) is 1.22. The predicted molar refractivity (Wildman–Crippen MR) is 67.9 cm³/mol. The van der Waals surface area contributed by atoms with E-state index in [0.717, 1.165) is 4.31 Å². The number of nitrogens with zero attached hydrogens (tertiary/aromatic N) is 1. The number of likely N-dealkylation sites (N-methyl/N-ethyl adjacent to an activating group) is 1. The Morgan fingerprint density at radius 1 is 1.33 bits per heavy atom.